The zero-order valence-corrected chi connectivity index (χ0v) is 10.5. The van der Waals surface area contributed by atoms with Crippen LogP contribution < -0.4 is 5.32 Å². The lowest BCUT2D eigenvalue weighted by Gasteiger charge is -1.97. The van der Waals surface area contributed by atoms with Crippen LogP contribution in [-0.2, 0) is 4.79 Å². The molecule has 0 saturated heterocycles. The topological polar surface area (TPSA) is 41.5 Å². The third-order valence-corrected chi connectivity index (χ3v) is 2.13. The van der Waals surface area contributed by atoms with Crippen LogP contribution >= 0.6 is 12.2 Å². The Hall–Kier alpha value is -1.77. The number of thiocarbonyl (C=S) groups is 1. The molecule has 0 radical (unpaired) electrons. The van der Waals surface area contributed by atoms with Crippen LogP contribution in [0.2, 0.25) is 0 Å². The van der Waals surface area contributed by atoms with E-state index in [4.69, 9.17) is 0 Å². The van der Waals surface area contributed by atoms with Crippen molar-refractivity contribution >= 4 is 35.0 Å². The van der Waals surface area contributed by atoms with Crippen LogP contribution in [-0.4, -0.2) is 17.6 Å². The Morgan fingerprint density at radius 2 is 2.41 bits per heavy atom. The Kier molecular flexibility index (Phi) is 5.86. The number of carbonyl (C=O) groups is 1. The minimum Gasteiger partial charge on any atom is -0.356 e. The highest BCUT2D eigenvalue weighted by Crippen LogP contribution is 2.14. The van der Waals surface area contributed by atoms with Gasteiger partial charge in [-0.1, -0.05) is 24.3 Å². The molecule has 4 heteroatoms. The predicted molar refractivity (Wildman–Crippen MR) is 73.5 cm³/mol. The lowest BCUT2D eigenvalue weighted by atomic mass is 10.2. The highest BCUT2D eigenvalue weighted by atomic mass is 32.1. The van der Waals surface area contributed by atoms with Gasteiger partial charge in [-0.2, -0.15) is 4.99 Å². The van der Waals surface area contributed by atoms with Crippen molar-refractivity contribution in [3.8, 4) is 0 Å². The van der Waals surface area contributed by atoms with Crippen LogP contribution in [0.25, 0.3) is 6.08 Å². The fourth-order valence-corrected chi connectivity index (χ4v) is 1.41. The maximum absolute atomic E-state index is 10.6. The maximum Gasteiger partial charge on any atom is 0.216 e. The molecule has 0 heterocycles. The molecule has 88 valence electrons. The third-order valence-electron chi connectivity index (χ3n) is 2.04. The molecule has 0 spiro atoms. The van der Waals surface area contributed by atoms with Gasteiger partial charge in [0.1, 0.15) is 0 Å². The quantitative estimate of drug-likeness (QED) is 0.493. The van der Waals surface area contributed by atoms with E-state index in [1.807, 2.05) is 36.4 Å². The second-order valence-corrected chi connectivity index (χ2v) is 3.65. The highest BCUT2D eigenvalue weighted by Gasteiger charge is 1.90. The summed E-state index contributed by atoms with van der Waals surface area (Å²) in [6.45, 7) is 2.17. The molecule has 0 aliphatic rings. The van der Waals surface area contributed by atoms with Gasteiger partial charge in [0.25, 0.3) is 0 Å². The van der Waals surface area contributed by atoms with E-state index in [-0.39, 0.29) is 5.91 Å². The summed E-state index contributed by atoms with van der Waals surface area (Å²) in [7, 11) is 0. The van der Waals surface area contributed by atoms with Crippen molar-refractivity contribution in [2.45, 2.75) is 13.3 Å². The number of hydrogen-bond donors (Lipinski definition) is 1. The number of aliphatic imine (C=N–C) groups is 1. The van der Waals surface area contributed by atoms with Crippen molar-refractivity contribution in [1.29, 1.82) is 0 Å². The smallest absolute Gasteiger partial charge is 0.216 e. The van der Waals surface area contributed by atoms with Crippen LogP contribution in [0.5, 0.6) is 0 Å². The summed E-state index contributed by atoms with van der Waals surface area (Å²) in [4.78, 5) is 14.5. The molecule has 1 rings (SSSR count). The van der Waals surface area contributed by atoms with Gasteiger partial charge in [0.15, 0.2) is 0 Å². The number of hydrogen-bond acceptors (Lipinski definition) is 3. The van der Waals surface area contributed by atoms with E-state index in [9.17, 15) is 4.79 Å². The molecule has 0 bridgehead atoms. The van der Waals surface area contributed by atoms with Gasteiger partial charge in [0, 0.05) is 13.5 Å². The van der Waals surface area contributed by atoms with Gasteiger partial charge in [-0.05, 0) is 36.3 Å². The first-order valence-electron chi connectivity index (χ1n) is 5.31. The number of amides is 1. The lowest BCUT2D eigenvalue weighted by Crippen LogP contribution is -2.20. The number of nitrogens with one attached hydrogen (secondary N) is 1. The van der Waals surface area contributed by atoms with Gasteiger partial charge >= 0.3 is 0 Å². The Morgan fingerprint density at radius 1 is 1.59 bits per heavy atom. The van der Waals surface area contributed by atoms with Crippen LogP contribution in [0.4, 0.5) is 5.69 Å². The monoisotopic (exact) mass is 246 g/mol. The minimum absolute atomic E-state index is 0.00397. The average Bonchev–Trinajstić information content (AvgIpc) is 2.29. The SMILES string of the molecule is CC(=O)NCCC=Cc1cccc(N=C=S)c1. The van der Waals surface area contributed by atoms with Crippen molar-refractivity contribution < 1.29 is 4.79 Å². The zero-order valence-electron chi connectivity index (χ0n) is 9.64. The van der Waals surface area contributed by atoms with Crippen molar-refractivity contribution in [2.75, 3.05) is 6.54 Å². The van der Waals surface area contributed by atoms with E-state index in [1.54, 1.807) is 0 Å². The molecule has 0 fully saturated rings. The summed E-state index contributed by atoms with van der Waals surface area (Å²) in [6.07, 6.45) is 4.81. The van der Waals surface area contributed by atoms with E-state index >= 15 is 0 Å². The van der Waals surface area contributed by atoms with E-state index in [1.165, 1.54) is 6.92 Å². The summed E-state index contributed by atoms with van der Waals surface area (Å²) in [5, 5.41) is 5.07. The zero-order chi connectivity index (χ0) is 12.5. The van der Waals surface area contributed by atoms with Crippen LogP contribution in [0, 0.1) is 0 Å². The summed E-state index contributed by atoms with van der Waals surface area (Å²) in [5.74, 6) is -0.00397. The fraction of sp³-hybridized carbons (Fsp3) is 0.231. The fourth-order valence-electron chi connectivity index (χ4n) is 1.30. The summed E-state index contributed by atoms with van der Waals surface area (Å²) in [5.41, 5.74) is 1.85. The van der Waals surface area contributed by atoms with Gasteiger partial charge in [-0.15, -0.1) is 0 Å². The Balaban J connectivity index is 2.50. The normalized spacial score (nSPS) is 9.94. The predicted octanol–water partition coefficient (Wildman–Crippen LogP) is 2.96. The Bertz CT molecular complexity index is 462. The summed E-state index contributed by atoms with van der Waals surface area (Å²) >= 11 is 4.55. The molecular formula is C13H14N2OS. The molecule has 0 unspecified atom stereocenters. The standard InChI is InChI=1S/C13H14N2OS/c1-11(16)14-8-3-2-5-12-6-4-7-13(9-12)15-10-17/h2,4-7,9H,3,8H2,1H3,(H,14,16). The van der Waals surface area contributed by atoms with E-state index in [0.717, 1.165) is 17.7 Å². The maximum atomic E-state index is 10.6. The second-order valence-electron chi connectivity index (χ2n) is 3.47. The second kappa shape index (κ2) is 7.49. The largest absolute Gasteiger partial charge is 0.356 e. The number of isothiocyanates is 1. The molecule has 1 amide bonds. The van der Waals surface area contributed by atoms with Crippen LogP contribution in [0.3, 0.4) is 0 Å². The van der Waals surface area contributed by atoms with Gasteiger partial charge in [0.2, 0.25) is 5.91 Å². The molecule has 1 aromatic carbocycles. The number of nitrogens with zero attached hydrogens (tertiary/aromatic N) is 1. The number of rotatable bonds is 5. The molecule has 1 N–H and O–H groups in total. The molecule has 0 aromatic heterocycles. The minimum atomic E-state index is -0.00397. The Morgan fingerprint density at radius 3 is 3.12 bits per heavy atom. The number of benzene rings is 1. The van der Waals surface area contributed by atoms with Gasteiger partial charge in [0.05, 0.1) is 10.8 Å². The van der Waals surface area contributed by atoms with Crippen LogP contribution in [0.15, 0.2) is 35.3 Å². The van der Waals surface area contributed by atoms with Crippen molar-refractivity contribution in [3.63, 3.8) is 0 Å². The molecular weight excluding hydrogens is 232 g/mol. The molecule has 0 atom stereocenters. The molecule has 0 aliphatic heterocycles. The first kappa shape index (κ1) is 13.3. The van der Waals surface area contributed by atoms with E-state index < -0.39 is 0 Å². The highest BCUT2D eigenvalue weighted by molar-refractivity contribution is 7.78. The summed E-state index contributed by atoms with van der Waals surface area (Å²) in [6, 6.07) is 7.69. The van der Waals surface area contributed by atoms with E-state index in [0.29, 0.717) is 6.54 Å². The molecule has 17 heavy (non-hydrogen) atoms. The molecule has 0 aliphatic carbocycles. The number of carbonyl (C=O) groups excluding carboxylic acids is 1. The Labute approximate surface area is 106 Å². The van der Waals surface area contributed by atoms with Crippen molar-refractivity contribution in [1.82, 2.24) is 5.32 Å². The van der Waals surface area contributed by atoms with Gasteiger partial charge in [-0.25, -0.2) is 0 Å². The summed E-state index contributed by atoms with van der Waals surface area (Å²) < 4.78 is 0. The average molecular weight is 246 g/mol. The van der Waals surface area contributed by atoms with Crippen LogP contribution in [0.1, 0.15) is 18.9 Å². The lowest BCUT2D eigenvalue weighted by molar-refractivity contribution is -0.118. The van der Waals surface area contributed by atoms with Crippen molar-refractivity contribution in [3.05, 3.63) is 35.9 Å². The molecule has 1 aromatic rings. The first-order valence-corrected chi connectivity index (χ1v) is 5.72. The van der Waals surface area contributed by atoms with Gasteiger partial charge in [-0.3, -0.25) is 4.79 Å². The molecule has 0 saturated carbocycles. The molecule has 3 nitrogen and oxygen atoms in total. The van der Waals surface area contributed by atoms with E-state index in [2.05, 4.69) is 27.7 Å². The first-order chi connectivity index (χ1) is 8.22. The van der Waals surface area contributed by atoms with Crippen molar-refractivity contribution in [2.24, 2.45) is 4.99 Å². The van der Waals surface area contributed by atoms with Gasteiger partial charge < -0.3 is 5.32 Å². The third kappa shape index (κ3) is 5.76.